The first kappa shape index (κ1) is 16.4. The molecule has 2 heterocycles. The molecule has 128 valence electrons. The minimum absolute atomic E-state index is 0.0247. The minimum Gasteiger partial charge on any atom is -0.544 e. The molecule has 2 aliphatic rings. The van der Waals surface area contributed by atoms with Crippen molar-refractivity contribution in [3.63, 3.8) is 0 Å². The molecule has 0 unspecified atom stereocenters. The average Bonchev–Trinajstić information content (AvgIpc) is 2.95. The highest BCUT2D eigenvalue weighted by Crippen LogP contribution is 2.45. The maximum absolute atomic E-state index is 12.8. The molecular weight excluding hydrogens is 312 g/mol. The number of nitrogens with zero attached hydrogens (tertiary/aromatic N) is 1. The number of quaternary nitrogens is 1. The van der Waals surface area contributed by atoms with Crippen molar-refractivity contribution in [1.29, 1.82) is 0 Å². The van der Waals surface area contributed by atoms with Gasteiger partial charge in [-0.15, -0.1) is 0 Å². The van der Waals surface area contributed by atoms with Gasteiger partial charge in [-0.25, -0.2) is 0 Å². The summed E-state index contributed by atoms with van der Waals surface area (Å²) in [5, 5.41) is 23.4. The summed E-state index contributed by atoms with van der Waals surface area (Å²) in [6.07, 6.45) is 0. The van der Waals surface area contributed by atoms with Crippen LogP contribution in [0.25, 0.3) is 0 Å². The Labute approximate surface area is 139 Å². The van der Waals surface area contributed by atoms with E-state index in [0.29, 0.717) is 5.56 Å². The number of carboxylic acid groups (broad SMARTS) is 1. The van der Waals surface area contributed by atoms with Gasteiger partial charge in [0, 0.05) is 6.04 Å². The average molecular weight is 332 g/mol. The lowest BCUT2D eigenvalue weighted by Gasteiger charge is -2.29. The van der Waals surface area contributed by atoms with E-state index in [4.69, 9.17) is 0 Å². The number of likely N-dealkylation sites (tertiary alicyclic amines) is 1. The van der Waals surface area contributed by atoms with Crippen molar-refractivity contribution in [3.05, 3.63) is 29.8 Å². The molecule has 0 radical (unpaired) electrons. The predicted octanol–water partition coefficient (Wildman–Crippen LogP) is -1.47. The molecular formula is C17H20N2O5. The molecule has 24 heavy (non-hydrogen) atoms. The Kier molecular flexibility index (Phi) is 3.64. The van der Waals surface area contributed by atoms with Gasteiger partial charge in [0.05, 0.1) is 5.56 Å². The van der Waals surface area contributed by atoms with Gasteiger partial charge in [0.1, 0.15) is 35.1 Å². The van der Waals surface area contributed by atoms with Crippen LogP contribution in [0.15, 0.2) is 24.3 Å². The molecule has 7 nitrogen and oxygen atoms in total. The van der Waals surface area contributed by atoms with Crippen LogP contribution in [0.2, 0.25) is 0 Å². The molecule has 1 aromatic carbocycles. The smallest absolute Gasteiger partial charge is 0.240 e. The van der Waals surface area contributed by atoms with Gasteiger partial charge < -0.3 is 20.3 Å². The van der Waals surface area contributed by atoms with Crippen LogP contribution in [0.5, 0.6) is 5.75 Å². The molecule has 2 amide bonds. The number of para-hydroxylation sites is 1. The third-order valence-electron chi connectivity index (χ3n) is 5.20. The third kappa shape index (κ3) is 2.04. The first-order chi connectivity index (χ1) is 11.2. The van der Waals surface area contributed by atoms with E-state index in [1.165, 1.54) is 18.3 Å². The summed E-state index contributed by atoms with van der Waals surface area (Å²) < 4.78 is 0. The number of carboxylic acids is 1. The molecule has 2 fully saturated rings. The molecule has 0 spiro atoms. The zero-order valence-corrected chi connectivity index (χ0v) is 13.7. The van der Waals surface area contributed by atoms with Crippen LogP contribution in [-0.2, 0) is 14.4 Å². The summed E-state index contributed by atoms with van der Waals surface area (Å²) in [6.45, 7) is 4.84. The third-order valence-corrected chi connectivity index (χ3v) is 5.20. The molecule has 0 bridgehead atoms. The largest absolute Gasteiger partial charge is 0.544 e. The van der Waals surface area contributed by atoms with E-state index in [1.807, 2.05) is 0 Å². The Morgan fingerprint density at radius 2 is 1.92 bits per heavy atom. The van der Waals surface area contributed by atoms with Crippen molar-refractivity contribution in [2.24, 2.45) is 11.8 Å². The van der Waals surface area contributed by atoms with Gasteiger partial charge in [-0.05, 0) is 32.9 Å². The lowest BCUT2D eigenvalue weighted by molar-refractivity contribution is -0.735. The molecule has 3 rings (SSSR count). The van der Waals surface area contributed by atoms with E-state index < -0.39 is 41.2 Å². The minimum atomic E-state index is -1.56. The van der Waals surface area contributed by atoms with Gasteiger partial charge in [-0.3, -0.25) is 14.5 Å². The van der Waals surface area contributed by atoms with Gasteiger partial charge in [-0.1, -0.05) is 12.1 Å². The first-order valence-corrected chi connectivity index (χ1v) is 7.92. The second kappa shape index (κ2) is 5.31. The predicted molar refractivity (Wildman–Crippen MR) is 80.2 cm³/mol. The van der Waals surface area contributed by atoms with Crippen LogP contribution in [-0.4, -0.2) is 39.4 Å². The summed E-state index contributed by atoms with van der Waals surface area (Å²) in [7, 11) is 0. The number of benzene rings is 1. The summed E-state index contributed by atoms with van der Waals surface area (Å²) in [5.74, 6) is -4.14. The fraction of sp³-hybridized carbons (Fsp3) is 0.471. The van der Waals surface area contributed by atoms with Crippen LogP contribution in [0, 0.1) is 11.8 Å². The van der Waals surface area contributed by atoms with Crippen LogP contribution >= 0.6 is 0 Å². The van der Waals surface area contributed by atoms with E-state index >= 15 is 0 Å². The molecule has 2 saturated heterocycles. The fourth-order valence-corrected chi connectivity index (χ4v) is 4.04. The van der Waals surface area contributed by atoms with Crippen LogP contribution in [0.3, 0.4) is 0 Å². The topological polar surface area (TPSA) is 114 Å². The highest BCUT2D eigenvalue weighted by molar-refractivity contribution is 6.08. The van der Waals surface area contributed by atoms with Crippen molar-refractivity contribution in [2.75, 3.05) is 0 Å². The van der Waals surface area contributed by atoms with Gasteiger partial charge in [0.2, 0.25) is 11.8 Å². The van der Waals surface area contributed by atoms with Gasteiger partial charge in [-0.2, -0.15) is 0 Å². The Bertz CT molecular complexity index is 731. The van der Waals surface area contributed by atoms with Crippen LogP contribution in [0.4, 0.5) is 0 Å². The van der Waals surface area contributed by atoms with Crippen molar-refractivity contribution in [3.8, 4) is 5.75 Å². The molecule has 7 heteroatoms. The number of rotatable bonds is 3. The Hall–Kier alpha value is -2.41. The van der Waals surface area contributed by atoms with E-state index in [0.717, 1.165) is 4.90 Å². The monoisotopic (exact) mass is 332 g/mol. The molecule has 0 saturated carbocycles. The highest BCUT2D eigenvalue weighted by atomic mass is 16.4. The van der Waals surface area contributed by atoms with Crippen LogP contribution < -0.4 is 10.4 Å². The number of amides is 2. The molecule has 4 atom stereocenters. The number of carbonyl (C=O) groups excluding carboxylic acids is 3. The zero-order valence-electron chi connectivity index (χ0n) is 13.7. The fourth-order valence-electron chi connectivity index (χ4n) is 4.04. The molecule has 0 aromatic heterocycles. The number of aliphatic carboxylic acids is 1. The van der Waals surface area contributed by atoms with Crippen molar-refractivity contribution < 1.29 is 29.9 Å². The van der Waals surface area contributed by atoms with Crippen molar-refractivity contribution in [1.82, 2.24) is 4.90 Å². The SMILES string of the molecule is CC(C)N1C(=O)[C@@H]2[C@@H](C1=O)[C@](C)(C(=O)[O-])[NH2+][C@H]2c1ccccc1O. The molecule has 0 aliphatic carbocycles. The second-order valence-corrected chi connectivity index (χ2v) is 6.97. The molecule has 2 aliphatic heterocycles. The maximum Gasteiger partial charge on any atom is 0.240 e. The van der Waals surface area contributed by atoms with Crippen molar-refractivity contribution >= 4 is 17.8 Å². The maximum atomic E-state index is 12.8. The zero-order chi connectivity index (χ0) is 17.8. The Morgan fingerprint density at radius 3 is 2.46 bits per heavy atom. The van der Waals surface area contributed by atoms with Gasteiger partial charge in [0.15, 0.2) is 0 Å². The molecule has 3 N–H and O–H groups in total. The van der Waals surface area contributed by atoms with Gasteiger partial charge in [0.25, 0.3) is 0 Å². The van der Waals surface area contributed by atoms with E-state index in [9.17, 15) is 24.6 Å². The van der Waals surface area contributed by atoms with E-state index in [-0.39, 0.29) is 11.8 Å². The van der Waals surface area contributed by atoms with E-state index in [2.05, 4.69) is 0 Å². The number of phenols is 1. The normalized spacial score (nSPS) is 32.5. The lowest BCUT2D eigenvalue weighted by atomic mass is 9.80. The summed E-state index contributed by atoms with van der Waals surface area (Å²) in [4.78, 5) is 38.5. The van der Waals surface area contributed by atoms with Crippen molar-refractivity contribution in [2.45, 2.75) is 38.4 Å². The van der Waals surface area contributed by atoms with Crippen LogP contribution in [0.1, 0.15) is 32.4 Å². The summed E-state index contributed by atoms with van der Waals surface area (Å²) in [6, 6.07) is 5.46. The quantitative estimate of drug-likeness (QED) is 0.656. The number of fused-ring (bicyclic) bond motifs is 1. The number of phenolic OH excluding ortho intramolecular Hbond substituents is 1. The Balaban J connectivity index is 2.15. The standard InChI is InChI=1S/C17H20N2O5/c1-8(2)19-14(21)11-12(15(19)22)17(3,16(23)24)18-13(11)9-6-4-5-7-10(9)20/h4-8,11-13,18,20H,1-3H3,(H,23,24)/t11-,12+,13+,17-/m1/s1. The second-order valence-electron chi connectivity index (χ2n) is 6.97. The number of imide groups is 1. The summed E-state index contributed by atoms with van der Waals surface area (Å²) >= 11 is 0. The number of nitrogens with two attached hydrogens (primary N) is 1. The highest BCUT2D eigenvalue weighted by Gasteiger charge is 2.68. The van der Waals surface area contributed by atoms with E-state index in [1.54, 1.807) is 32.0 Å². The lowest BCUT2D eigenvalue weighted by Crippen LogP contribution is -2.98. The Morgan fingerprint density at radius 1 is 1.29 bits per heavy atom. The number of carbonyl (C=O) groups is 3. The van der Waals surface area contributed by atoms with Gasteiger partial charge >= 0.3 is 0 Å². The molecule has 1 aromatic rings. The first-order valence-electron chi connectivity index (χ1n) is 7.92. The summed E-state index contributed by atoms with van der Waals surface area (Å²) in [5.41, 5.74) is -1.11. The number of aromatic hydroxyl groups is 1. The number of hydrogen-bond donors (Lipinski definition) is 2. The number of hydrogen-bond acceptors (Lipinski definition) is 5.